The van der Waals surface area contributed by atoms with Crippen molar-refractivity contribution in [2.45, 2.75) is 16.6 Å². The number of alkyl halides is 1. The van der Waals surface area contributed by atoms with Gasteiger partial charge in [0.05, 0.1) is 4.90 Å². The molecular weight excluding hydrogens is 276 g/mol. The Bertz CT molecular complexity index is 400. The molecule has 0 heterocycles. The largest absolute Gasteiger partial charge is 0.261 e. The highest BCUT2D eigenvalue weighted by Gasteiger charge is 2.11. The lowest BCUT2D eigenvalue weighted by molar-refractivity contribution is 0.609. The van der Waals surface area contributed by atoms with E-state index in [1.165, 1.54) is 6.07 Å². The summed E-state index contributed by atoms with van der Waals surface area (Å²) in [5.74, 6) is 0. The van der Waals surface area contributed by atoms with Crippen molar-refractivity contribution >= 4 is 35.7 Å². The Kier molecular flexibility index (Phi) is 3.38. The standard InChI is InChI=1S/C8H8BrClO2S/c1-6(9)7-3-2-4-8(5-7)13(10,11)12/h2-6H,1H3. The van der Waals surface area contributed by atoms with E-state index in [0.29, 0.717) is 0 Å². The molecule has 5 heteroatoms. The normalized spacial score (nSPS) is 14.1. The molecule has 0 saturated carbocycles. The third-order valence-electron chi connectivity index (χ3n) is 1.60. The van der Waals surface area contributed by atoms with E-state index in [4.69, 9.17) is 10.7 Å². The molecule has 0 aromatic heterocycles. The van der Waals surface area contributed by atoms with Crippen LogP contribution in [0.3, 0.4) is 0 Å². The summed E-state index contributed by atoms with van der Waals surface area (Å²) in [4.78, 5) is 0.254. The van der Waals surface area contributed by atoms with Gasteiger partial charge in [-0.3, -0.25) is 0 Å². The summed E-state index contributed by atoms with van der Waals surface area (Å²) >= 11 is 3.35. The van der Waals surface area contributed by atoms with Gasteiger partial charge in [-0.1, -0.05) is 28.1 Å². The van der Waals surface area contributed by atoms with Gasteiger partial charge < -0.3 is 0 Å². The lowest BCUT2D eigenvalue weighted by Crippen LogP contribution is -1.92. The monoisotopic (exact) mass is 282 g/mol. The molecular formula is C8H8BrClO2S. The minimum absolute atomic E-state index is 0.117. The second-order valence-corrected chi connectivity index (χ2v) is 6.57. The van der Waals surface area contributed by atoms with Crippen LogP contribution in [0.5, 0.6) is 0 Å². The quantitative estimate of drug-likeness (QED) is 0.617. The second kappa shape index (κ2) is 3.98. The van der Waals surface area contributed by atoms with Crippen molar-refractivity contribution in [2.75, 3.05) is 0 Å². The smallest absolute Gasteiger partial charge is 0.207 e. The molecule has 0 aliphatic heterocycles. The Morgan fingerprint density at radius 1 is 1.46 bits per heavy atom. The third kappa shape index (κ3) is 2.97. The van der Waals surface area contributed by atoms with Gasteiger partial charge in [0.2, 0.25) is 0 Å². The van der Waals surface area contributed by atoms with Crippen molar-refractivity contribution in [2.24, 2.45) is 0 Å². The maximum atomic E-state index is 11.0. The molecule has 0 fully saturated rings. The SMILES string of the molecule is CC(Br)c1cccc(S(=O)(=O)Cl)c1. The van der Waals surface area contributed by atoms with Gasteiger partial charge in [0.15, 0.2) is 0 Å². The van der Waals surface area contributed by atoms with Crippen molar-refractivity contribution in [3.05, 3.63) is 29.8 Å². The molecule has 13 heavy (non-hydrogen) atoms. The van der Waals surface area contributed by atoms with Crippen LogP contribution in [0.2, 0.25) is 0 Å². The van der Waals surface area contributed by atoms with Gasteiger partial charge in [-0.15, -0.1) is 0 Å². The highest BCUT2D eigenvalue weighted by molar-refractivity contribution is 9.09. The zero-order valence-electron chi connectivity index (χ0n) is 6.87. The predicted octanol–water partition coefficient (Wildman–Crippen LogP) is 3.07. The number of hydrogen-bond acceptors (Lipinski definition) is 2. The molecule has 0 radical (unpaired) electrons. The molecule has 1 atom stereocenters. The van der Waals surface area contributed by atoms with E-state index < -0.39 is 9.05 Å². The van der Waals surface area contributed by atoms with Gasteiger partial charge in [-0.05, 0) is 24.6 Å². The second-order valence-electron chi connectivity index (χ2n) is 2.63. The average molecular weight is 284 g/mol. The average Bonchev–Trinajstić information content (AvgIpc) is 2.03. The Hall–Kier alpha value is -0.0600. The molecule has 1 aromatic carbocycles. The van der Waals surface area contributed by atoms with Crippen molar-refractivity contribution in [3.8, 4) is 0 Å². The molecule has 0 aliphatic carbocycles. The van der Waals surface area contributed by atoms with Crippen LogP contribution < -0.4 is 0 Å². The summed E-state index contributed by atoms with van der Waals surface area (Å²) in [6.45, 7) is 1.92. The van der Waals surface area contributed by atoms with Crippen LogP contribution in [0.4, 0.5) is 0 Å². The lowest BCUT2D eigenvalue weighted by Gasteiger charge is -2.04. The molecule has 2 nitrogen and oxygen atoms in total. The van der Waals surface area contributed by atoms with Gasteiger partial charge >= 0.3 is 0 Å². The molecule has 1 aromatic rings. The summed E-state index contributed by atoms with van der Waals surface area (Å²) in [5, 5.41) is 0. The van der Waals surface area contributed by atoms with Gasteiger partial charge in [0.25, 0.3) is 9.05 Å². The molecule has 0 spiro atoms. The number of halogens is 2. The van der Waals surface area contributed by atoms with Crippen LogP contribution in [0.25, 0.3) is 0 Å². The third-order valence-corrected chi connectivity index (χ3v) is 3.48. The van der Waals surface area contributed by atoms with Gasteiger partial charge in [-0.2, -0.15) is 0 Å². The van der Waals surface area contributed by atoms with Crippen LogP contribution in [-0.2, 0) is 9.05 Å². The van der Waals surface area contributed by atoms with Crippen molar-refractivity contribution < 1.29 is 8.42 Å². The molecule has 0 aliphatic rings. The first-order valence-corrected chi connectivity index (χ1v) is 6.82. The van der Waals surface area contributed by atoms with E-state index in [-0.39, 0.29) is 9.72 Å². The first kappa shape index (κ1) is 11.0. The van der Waals surface area contributed by atoms with Gasteiger partial charge in [-0.25, -0.2) is 8.42 Å². The van der Waals surface area contributed by atoms with E-state index >= 15 is 0 Å². The summed E-state index contributed by atoms with van der Waals surface area (Å²) in [5.41, 5.74) is 0.890. The Balaban J connectivity index is 3.21. The Morgan fingerprint density at radius 2 is 2.08 bits per heavy atom. The summed E-state index contributed by atoms with van der Waals surface area (Å²) in [6.07, 6.45) is 0. The maximum absolute atomic E-state index is 11.0. The first-order valence-electron chi connectivity index (χ1n) is 3.60. The van der Waals surface area contributed by atoms with Crippen LogP contribution in [0.1, 0.15) is 17.3 Å². The van der Waals surface area contributed by atoms with E-state index in [1.807, 2.05) is 13.0 Å². The highest BCUT2D eigenvalue weighted by Crippen LogP contribution is 2.25. The fourth-order valence-corrected chi connectivity index (χ4v) is 2.00. The number of hydrogen-bond donors (Lipinski definition) is 0. The lowest BCUT2D eigenvalue weighted by atomic mass is 10.2. The fourth-order valence-electron chi connectivity index (χ4n) is 0.914. The van der Waals surface area contributed by atoms with Crippen molar-refractivity contribution in [3.63, 3.8) is 0 Å². The van der Waals surface area contributed by atoms with Gasteiger partial charge in [0.1, 0.15) is 0 Å². The summed E-state index contributed by atoms with van der Waals surface area (Å²) < 4.78 is 21.9. The predicted molar refractivity (Wildman–Crippen MR) is 56.8 cm³/mol. The van der Waals surface area contributed by atoms with Crippen molar-refractivity contribution in [1.29, 1.82) is 0 Å². The molecule has 1 unspecified atom stereocenters. The molecule has 0 amide bonds. The van der Waals surface area contributed by atoms with E-state index in [0.717, 1.165) is 5.56 Å². The zero-order valence-corrected chi connectivity index (χ0v) is 10.0. The molecule has 1 rings (SSSR count). The molecule has 72 valence electrons. The highest BCUT2D eigenvalue weighted by atomic mass is 79.9. The summed E-state index contributed by atoms with van der Waals surface area (Å²) in [7, 11) is 1.58. The molecule has 0 bridgehead atoms. The fraction of sp³-hybridized carbons (Fsp3) is 0.250. The number of rotatable bonds is 2. The Labute approximate surface area is 90.5 Å². The van der Waals surface area contributed by atoms with Crippen LogP contribution in [-0.4, -0.2) is 8.42 Å². The Morgan fingerprint density at radius 3 is 2.54 bits per heavy atom. The zero-order chi connectivity index (χ0) is 10.1. The maximum Gasteiger partial charge on any atom is 0.261 e. The topological polar surface area (TPSA) is 34.1 Å². The molecule has 0 saturated heterocycles. The van der Waals surface area contributed by atoms with Gasteiger partial charge in [0, 0.05) is 15.5 Å². The first-order chi connectivity index (χ1) is 5.91. The van der Waals surface area contributed by atoms with E-state index in [2.05, 4.69) is 15.9 Å². The minimum atomic E-state index is -3.61. The van der Waals surface area contributed by atoms with Crippen LogP contribution >= 0.6 is 26.6 Å². The van der Waals surface area contributed by atoms with Crippen LogP contribution in [0, 0.1) is 0 Å². The number of benzene rings is 1. The molecule has 0 N–H and O–H groups in total. The van der Waals surface area contributed by atoms with Crippen molar-refractivity contribution in [1.82, 2.24) is 0 Å². The van der Waals surface area contributed by atoms with E-state index in [1.54, 1.807) is 12.1 Å². The van der Waals surface area contributed by atoms with Crippen LogP contribution in [0.15, 0.2) is 29.2 Å². The summed E-state index contributed by atoms with van der Waals surface area (Å²) in [6, 6.07) is 6.54. The minimum Gasteiger partial charge on any atom is -0.207 e. The van der Waals surface area contributed by atoms with E-state index in [9.17, 15) is 8.42 Å².